The van der Waals surface area contributed by atoms with Crippen molar-refractivity contribution in [2.75, 3.05) is 6.61 Å². The molecule has 0 aliphatic carbocycles. The van der Waals surface area contributed by atoms with Crippen LogP contribution in [-0.4, -0.2) is 27.2 Å². The van der Waals surface area contributed by atoms with E-state index in [1.54, 1.807) is 60.7 Å². The molecule has 8 heteroatoms. The fourth-order valence-corrected chi connectivity index (χ4v) is 3.43. The second-order valence-corrected chi connectivity index (χ2v) is 8.66. The molecule has 0 aliphatic rings. The molecule has 0 saturated heterocycles. The van der Waals surface area contributed by atoms with Gasteiger partial charge >= 0.3 is 5.97 Å². The number of esters is 1. The number of sulfonamides is 1. The maximum Gasteiger partial charge on any atom is 0.343 e. The predicted octanol–water partition coefficient (Wildman–Crippen LogP) is 4.32. The maximum atomic E-state index is 12.3. The first-order chi connectivity index (χ1) is 15.4. The third-order valence-electron chi connectivity index (χ3n) is 4.37. The van der Waals surface area contributed by atoms with Gasteiger partial charge in [-0.2, -0.15) is 13.5 Å². The Labute approximate surface area is 187 Å². The number of aryl methyl sites for hydroxylation is 1. The number of hydrogen-bond acceptors (Lipinski definition) is 6. The average Bonchev–Trinajstić information content (AvgIpc) is 2.79. The minimum absolute atomic E-state index is 0.132. The van der Waals surface area contributed by atoms with Gasteiger partial charge in [0.25, 0.3) is 10.0 Å². The van der Waals surface area contributed by atoms with Gasteiger partial charge < -0.3 is 9.47 Å². The van der Waals surface area contributed by atoms with Crippen LogP contribution in [0.4, 0.5) is 0 Å². The van der Waals surface area contributed by atoms with Crippen LogP contribution in [-0.2, 0) is 10.0 Å². The number of benzene rings is 3. The summed E-state index contributed by atoms with van der Waals surface area (Å²) < 4.78 is 35.3. The van der Waals surface area contributed by atoms with Gasteiger partial charge in [-0.25, -0.2) is 9.63 Å². The summed E-state index contributed by atoms with van der Waals surface area (Å²) in [6.45, 7) is 4.52. The summed E-state index contributed by atoms with van der Waals surface area (Å²) in [5.41, 5.74) is 2.00. The van der Waals surface area contributed by atoms with Crippen LogP contribution in [0.2, 0.25) is 0 Å². The van der Waals surface area contributed by atoms with Crippen LogP contribution in [0.1, 0.15) is 34.8 Å². The number of hydrogen-bond donors (Lipinski definition) is 1. The lowest BCUT2D eigenvalue weighted by molar-refractivity contribution is 0.0734. The highest BCUT2D eigenvalue weighted by molar-refractivity contribution is 7.89. The van der Waals surface area contributed by atoms with Gasteiger partial charge in [0.2, 0.25) is 0 Å². The summed E-state index contributed by atoms with van der Waals surface area (Å²) in [7, 11) is -3.74. The zero-order valence-corrected chi connectivity index (χ0v) is 18.6. The van der Waals surface area contributed by atoms with Crippen molar-refractivity contribution >= 4 is 22.2 Å². The van der Waals surface area contributed by atoms with E-state index in [1.165, 1.54) is 18.3 Å². The van der Waals surface area contributed by atoms with Crippen LogP contribution in [0.5, 0.6) is 11.5 Å². The molecule has 1 N–H and O–H groups in total. The number of nitrogens with one attached hydrogen (secondary N) is 1. The molecule has 0 spiro atoms. The Morgan fingerprint density at radius 3 is 2.19 bits per heavy atom. The van der Waals surface area contributed by atoms with Crippen LogP contribution in [0.15, 0.2) is 82.8 Å². The number of carbonyl (C=O) groups excluding carboxylic acids is 1. The molecule has 166 valence electrons. The first-order valence-electron chi connectivity index (χ1n) is 10.0. The van der Waals surface area contributed by atoms with E-state index in [-0.39, 0.29) is 4.90 Å². The van der Waals surface area contributed by atoms with E-state index < -0.39 is 16.0 Å². The largest absolute Gasteiger partial charge is 0.494 e. The van der Waals surface area contributed by atoms with Crippen LogP contribution in [0, 0.1) is 6.92 Å². The Kier molecular flexibility index (Phi) is 7.62. The SMILES string of the molecule is CCCOc1ccc(C(=O)Oc2ccc(/C=N/NS(=O)(=O)c3ccc(C)cc3)cc2)cc1. The third kappa shape index (κ3) is 6.42. The van der Waals surface area contributed by atoms with E-state index in [9.17, 15) is 13.2 Å². The molecule has 0 amide bonds. The molecular formula is C24H24N2O5S. The minimum atomic E-state index is -3.74. The zero-order chi connectivity index (χ0) is 23.0. The van der Waals surface area contributed by atoms with E-state index in [0.717, 1.165) is 12.0 Å². The smallest absolute Gasteiger partial charge is 0.343 e. The molecule has 0 radical (unpaired) electrons. The Morgan fingerprint density at radius 1 is 0.938 bits per heavy atom. The van der Waals surface area contributed by atoms with E-state index in [2.05, 4.69) is 9.93 Å². The van der Waals surface area contributed by atoms with Crippen molar-refractivity contribution in [3.63, 3.8) is 0 Å². The van der Waals surface area contributed by atoms with E-state index >= 15 is 0 Å². The topological polar surface area (TPSA) is 94.1 Å². The van der Waals surface area contributed by atoms with Gasteiger partial charge in [0.15, 0.2) is 0 Å². The molecule has 0 unspecified atom stereocenters. The maximum absolute atomic E-state index is 12.3. The van der Waals surface area contributed by atoms with Crippen molar-refractivity contribution in [2.24, 2.45) is 5.10 Å². The summed E-state index contributed by atoms with van der Waals surface area (Å²) in [5.74, 6) is 0.572. The second-order valence-electron chi connectivity index (χ2n) is 7.00. The summed E-state index contributed by atoms with van der Waals surface area (Å²) in [6.07, 6.45) is 2.27. The Hall–Kier alpha value is -3.65. The molecule has 0 fully saturated rings. The summed E-state index contributed by atoms with van der Waals surface area (Å²) in [6, 6.07) is 19.7. The molecule has 0 saturated carbocycles. The molecular weight excluding hydrogens is 428 g/mol. The van der Waals surface area contributed by atoms with Crippen molar-refractivity contribution in [3.05, 3.63) is 89.5 Å². The fraction of sp³-hybridized carbons (Fsp3) is 0.167. The highest BCUT2D eigenvalue weighted by atomic mass is 32.2. The van der Waals surface area contributed by atoms with Crippen LogP contribution < -0.4 is 14.3 Å². The molecule has 0 aliphatic heterocycles. The van der Waals surface area contributed by atoms with Crippen LogP contribution in [0.3, 0.4) is 0 Å². The number of hydrazone groups is 1. The van der Waals surface area contributed by atoms with Crippen LogP contribution in [0.25, 0.3) is 0 Å². The lowest BCUT2D eigenvalue weighted by atomic mass is 10.2. The van der Waals surface area contributed by atoms with Crippen LogP contribution >= 0.6 is 0 Å². The fourth-order valence-electron chi connectivity index (χ4n) is 2.64. The van der Waals surface area contributed by atoms with Gasteiger partial charge in [-0.15, -0.1) is 0 Å². The zero-order valence-electron chi connectivity index (χ0n) is 17.8. The molecule has 3 aromatic carbocycles. The molecule has 3 rings (SSSR count). The van der Waals surface area contributed by atoms with Crippen molar-refractivity contribution in [1.29, 1.82) is 0 Å². The standard InChI is InChI=1S/C24H24N2O5S/c1-3-16-30-21-12-8-20(9-13-21)24(27)31-22-10-6-19(7-11-22)17-25-26-32(28,29)23-14-4-18(2)5-15-23/h4-15,17,26H,3,16H2,1-2H3/b25-17+. The summed E-state index contributed by atoms with van der Waals surface area (Å²) in [4.78, 5) is 14.6. The van der Waals surface area contributed by atoms with E-state index in [0.29, 0.717) is 29.2 Å². The molecule has 0 atom stereocenters. The lowest BCUT2D eigenvalue weighted by Gasteiger charge is -2.07. The van der Waals surface area contributed by atoms with Crippen molar-refractivity contribution < 1.29 is 22.7 Å². The second kappa shape index (κ2) is 10.6. The number of rotatable bonds is 9. The van der Waals surface area contributed by atoms with E-state index in [1.807, 2.05) is 13.8 Å². The minimum Gasteiger partial charge on any atom is -0.494 e. The average molecular weight is 453 g/mol. The lowest BCUT2D eigenvalue weighted by Crippen LogP contribution is -2.18. The first-order valence-corrected chi connectivity index (χ1v) is 11.5. The Bertz CT molecular complexity index is 1170. The Morgan fingerprint density at radius 2 is 1.56 bits per heavy atom. The predicted molar refractivity (Wildman–Crippen MR) is 123 cm³/mol. The number of ether oxygens (including phenoxy) is 2. The summed E-state index contributed by atoms with van der Waals surface area (Å²) in [5, 5.41) is 3.80. The third-order valence-corrected chi connectivity index (χ3v) is 5.61. The van der Waals surface area contributed by atoms with Gasteiger partial charge in [-0.3, -0.25) is 0 Å². The van der Waals surface area contributed by atoms with Gasteiger partial charge in [-0.1, -0.05) is 24.6 Å². The first kappa shape index (κ1) is 23.0. The number of nitrogens with zero attached hydrogens (tertiary/aromatic N) is 1. The van der Waals surface area contributed by atoms with Crippen molar-refractivity contribution in [3.8, 4) is 11.5 Å². The Balaban J connectivity index is 1.56. The van der Waals surface area contributed by atoms with Crippen molar-refractivity contribution in [2.45, 2.75) is 25.2 Å². The molecule has 0 bridgehead atoms. The van der Waals surface area contributed by atoms with Gasteiger partial charge in [0.05, 0.1) is 23.3 Å². The molecule has 32 heavy (non-hydrogen) atoms. The van der Waals surface area contributed by atoms with Gasteiger partial charge in [0.1, 0.15) is 11.5 Å². The van der Waals surface area contributed by atoms with Crippen molar-refractivity contribution in [1.82, 2.24) is 4.83 Å². The molecule has 3 aromatic rings. The molecule has 0 heterocycles. The van der Waals surface area contributed by atoms with Gasteiger partial charge in [0, 0.05) is 0 Å². The highest BCUT2D eigenvalue weighted by Crippen LogP contribution is 2.17. The number of carbonyl (C=O) groups is 1. The summed E-state index contributed by atoms with van der Waals surface area (Å²) >= 11 is 0. The van der Waals surface area contributed by atoms with Gasteiger partial charge in [-0.05, 0) is 79.6 Å². The normalized spacial score (nSPS) is 11.3. The monoisotopic (exact) mass is 452 g/mol. The van der Waals surface area contributed by atoms with E-state index in [4.69, 9.17) is 9.47 Å². The highest BCUT2D eigenvalue weighted by Gasteiger charge is 2.12. The molecule has 7 nitrogen and oxygen atoms in total. The quantitative estimate of drug-likeness (QED) is 0.226. The molecule has 0 aromatic heterocycles.